The molecule has 2 nitrogen and oxygen atoms in total. The maximum Gasteiger partial charge on any atom is 0.163 e. The van der Waals surface area contributed by atoms with Gasteiger partial charge < -0.3 is 5.32 Å². The minimum atomic E-state index is 0.162. The Morgan fingerprint density at radius 2 is 1.94 bits per heavy atom. The summed E-state index contributed by atoms with van der Waals surface area (Å²) in [5.41, 5.74) is 0.665. The van der Waals surface area contributed by atoms with Gasteiger partial charge in [-0.15, -0.1) is 0 Å². The van der Waals surface area contributed by atoms with Crippen LogP contribution in [0.2, 0.25) is 10.0 Å². The third-order valence-corrected chi connectivity index (χ3v) is 3.91. The summed E-state index contributed by atoms with van der Waals surface area (Å²) >= 11 is 11.7. The van der Waals surface area contributed by atoms with Crippen molar-refractivity contribution in [2.75, 3.05) is 13.1 Å². The van der Waals surface area contributed by atoms with Crippen LogP contribution < -0.4 is 5.32 Å². The lowest BCUT2D eigenvalue weighted by atomic mass is 9.91. The van der Waals surface area contributed by atoms with Crippen LogP contribution in [0.25, 0.3) is 0 Å². The van der Waals surface area contributed by atoms with Gasteiger partial charge in [0, 0.05) is 12.0 Å². The van der Waals surface area contributed by atoms with Crippen molar-refractivity contribution in [2.45, 2.75) is 19.3 Å². The van der Waals surface area contributed by atoms with Crippen LogP contribution in [-0.2, 0) is 0 Å². The first kappa shape index (κ1) is 12.9. The van der Waals surface area contributed by atoms with Crippen molar-refractivity contribution in [2.24, 2.45) is 5.92 Å². The molecular weight excluding hydrogens is 257 g/mol. The molecule has 1 fully saturated rings. The molecule has 0 unspecified atom stereocenters. The molecule has 0 atom stereocenters. The van der Waals surface area contributed by atoms with Crippen LogP contribution in [0.4, 0.5) is 0 Å². The largest absolute Gasteiger partial charge is 0.317 e. The van der Waals surface area contributed by atoms with Gasteiger partial charge in [-0.2, -0.15) is 0 Å². The molecule has 0 saturated carbocycles. The zero-order valence-electron chi connectivity index (χ0n) is 9.51. The summed E-state index contributed by atoms with van der Waals surface area (Å²) in [5, 5.41) is 4.23. The van der Waals surface area contributed by atoms with Crippen LogP contribution in [-0.4, -0.2) is 18.9 Å². The van der Waals surface area contributed by atoms with Crippen molar-refractivity contribution in [3.8, 4) is 0 Å². The number of rotatable bonds is 3. The Labute approximate surface area is 111 Å². The number of Topliss-reactive ketones (excluding diaryl/α,β-unsaturated/α-hetero) is 1. The fraction of sp³-hybridized carbons (Fsp3) is 0.462. The Morgan fingerprint density at radius 1 is 1.24 bits per heavy atom. The molecule has 17 heavy (non-hydrogen) atoms. The minimum absolute atomic E-state index is 0.162. The lowest BCUT2D eigenvalue weighted by Gasteiger charge is -2.21. The number of carbonyl (C=O) groups excluding carboxylic acids is 1. The molecule has 1 aliphatic heterocycles. The van der Waals surface area contributed by atoms with E-state index in [1.807, 2.05) is 0 Å². The molecule has 1 aromatic carbocycles. The highest BCUT2D eigenvalue weighted by molar-refractivity contribution is 6.42. The molecule has 0 radical (unpaired) electrons. The van der Waals surface area contributed by atoms with E-state index >= 15 is 0 Å². The van der Waals surface area contributed by atoms with E-state index in [1.165, 1.54) is 0 Å². The SMILES string of the molecule is O=C(CC1CCNCC1)c1ccc(Cl)c(Cl)c1. The van der Waals surface area contributed by atoms with Crippen molar-refractivity contribution in [3.63, 3.8) is 0 Å². The van der Waals surface area contributed by atoms with Crippen LogP contribution in [0.5, 0.6) is 0 Å². The normalized spacial score (nSPS) is 17.1. The van der Waals surface area contributed by atoms with Crippen LogP contribution in [0.1, 0.15) is 29.6 Å². The van der Waals surface area contributed by atoms with E-state index in [4.69, 9.17) is 23.2 Å². The molecule has 0 bridgehead atoms. The average molecular weight is 272 g/mol. The smallest absolute Gasteiger partial charge is 0.163 e. The Balaban J connectivity index is 2.01. The maximum absolute atomic E-state index is 12.1. The number of hydrogen-bond acceptors (Lipinski definition) is 2. The van der Waals surface area contributed by atoms with Crippen molar-refractivity contribution < 1.29 is 4.79 Å². The van der Waals surface area contributed by atoms with Gasteiger partial charge in [0.2, 0.25) is 0 Å². The van der Waals surface area contributed by atoms with E-state index in [0.717, 1.165) is 25.9 Å². The molecule has 1 heterocycles. The first-order chi connectivity index (χ1) is 8.16. The Hall–Kier alpha value is -0.570. The molecule has 0 aromatic heterocycles. The second kappa shape index (κ2) is 5.85. The van der Waals surface area contributed by atoms with Gasteiger partial charge in [0.05, 0.1) is 10.0 Å². The predicted molar refractivity (Wildman–Crippen MR) is 71.0 cm³/mol. The highest BCUT2D eigenvalue weighted by Crippen LogP contribution is 2.25. The van der Waals surface area contributed by atoms with E-state index in [0.29, 0.717) is 27.9 Å². The first-order valence-electron chi connectivity index (χ1n) is 5.86. The quantitative estimate of drug-likeness (QED) is 0.852. The summed E-state index contributed by atoms with van der Waals surface area (Å²) in [6.07, 6.45) is 2.76. The molecule has 1 N–H and O–H groups in total. The summed E-state index contributed by atoms with van der Waals surface area (Å²) in [7, 11) is 0. The number of hydrogen-bond donors (Lipinski definition) is 1. The monoisotopic (exact) mass is 271 g/mol. The van der Waals surface area contributed by atoms with E-state index in [2.05, 4.69) is 5.32 Å². The number of piperidine rings is 1. The lowest BCUT2D eigenvalue weighted by molar-refractivity contribution is 0.0952. The van der Waals surface area contributed by atoms with Crippen LogP contribution in [0.3, 0.4) is 0 Å². The summed E-state index contributed by atoms with van der Waals surface area (Å²) in [4.78, 5) is 12.1. The summed E-state index contributed by atoms with van der Waals surface area (Å²) in [6.45, 7) is 2.03. The minimum Gasteiger partial charge on any atom is -0.317 e. The number of ketones is 1. The Morgan fingerprint density at radius 3 is 2.59 bits per heavy atom. The van der Waals surface area contributed by atoms with Gasteiger partial charge in [-0.3, -0.25) is 4.79 Å². The molecule has 2 rings (SSSR count). The van der Waals surface area contributed by atoms with E-state index < -0.39 is 0 Å². The standard InChI is InChI=1S/C13H15Cl2NO/c14-11-2-1-10(8-12(11)15)13(17)7-9-3-5-16-6-4-9/h1-2,8-9,16H,3-7H2. The van der Waals surface area contributed by atoms with E-state index in [-0.39, 0.29) is 5.78 Å². The zero-order valence-corrected chi connectivity index (χ0v) is 11.0. The van der Waals surface area contributed by atoms with Crippen molar-refractivity contribution in [3.05, 3.63) is 33.8 Å². The second-order valence-electron chi connectivity index (χ2n) is 4.45. The van der Waals surface area contributed by atoms with Crippen molar-refractivity contribution in [1.82, 2.24) is 5.32 Å². The highest BCUT2D eigenvalue weighted by Gasteiger charge is 2.18. The fourth-order valence-electron chi connectivity index (χ4n) is 2.14. The van der Waals surface area contributed by atoms with Crippen molar-refractivity contribution in [1.29, 1.82) is 0 Å². The molecular formula is C13H15Cl2NO. The molecule has 92 valence electrons. The first-order valence-corrected chi connectivity index (χ1v) is 6.61. The molecule has 0 aliphatic carbocycles. The second-order valence-corrected chi connectivity index (χ2v) is 5.26. The molecule has 1 aliphatic rings. The van der Waals surface area contributed by atoms with Gasteiger partial charge in [0.25, 0.3) is 0 Å². The van der Waals surface area contributed by atoms with Crippen LogP contribution in [0, 0.1) is 5.92 Å². The van der Waals surface area contributed by atoms with Gasteiger partial charge in [0.1, 0.15) is 0 Å². The van der Waals surface area contributed by atoms with Gasteiger partial charge in [0.15, 0.2) is 5.78 Å². The number of halogens is 2. The fourth-order valence-corrected chi connectivity index (χ4v) is 2.43. The average Bonchev–Trinajstić information content (AvgIpc) is 2.34. The number of nitrogens with one attached hydrogen (secondary N) is 1. The molecule has 1 saturated heterocycles. The topological polar surface area (TPSA) is 29.1 Å². The van der Waals surface area contributed by atoms with Crippen LogP contribution in [0.15, 0.2) is 18.2 Å². The van der Waals surface area contributed by atoms with Gasteiger partial charge >= 0.3 is 0 Å². The Kier molecular flexibility index (Phi) is 4.43. The number of benzene rings is 1. The van der Waals surface area contributed by atoms with Gasteiger partial charge in [-0.1, -0.05) is 23.2 Å². The zero-order chi connectivity index (χ0) is 12.3. The summed E-state index contributed by atoms with van der Waals surface area (Å²) < 4.78 is 0. The Bertz CT molecular complexity index is 414. The van der Waals surface area contributed by atoms with Gasteiger partial charge in [-0.25, -0.2) is 0 Å². The maximum atomic E-state index is 12.1. The summed E-state index contributed by atoms with van der Waals surface area (Å²) in [6, 6.07) is 5.09. The van der Waals surface area contributed by atoms with E-state index in [9.17, 15) is 4.79 Å². The lowest BCUT2D eigenvalue weighted by Crippen LogP contribution is -2.28. The predicted octanol–water partition coefficient (Wildman–Crippen LogP) is 3.57. The van der Waals surface area contributed by atoms with Crippen molar-refractivity contribution >= 4 is 29.0 Å². The van der Waals surface area contributed by atoms with Gasteiger partial charge in [-0.05, 0) is 50.0 Å². The molecule has 0 amide bonds. The number of carbonyl (C=O) groups is 1. The molecule has 4 heteroatoms. The highest BCUT2D eigenvalue weighted by atomic mass is 35.5. The molecule has 1 aromatic rings. The molecule has 0 spiro atoms. The third-order valence-electron chi connectivity index (χ3n) is 3.17. The summed E-state index contributed by atoms with van der Waals surface area (Å²) in [5.74, 6) is 0.661. The van der Waals surface area contributed by atoms with E-state index in [1.54, 1.807) is 18.2 Å². The van der Waals surface area contributed by atoms with Crippen LogP contribution >= 0.6 is 23.2 Å². The third kappa shape index (κ3) is 3.44.